The molecule has 1 fully saturated rings. The van der Waals surface area contributed by atoms with E-state index in [0.29, 0.717) is 18.1 Å². The van der Waals surface area contributed by atoms with Crippen LogP contribution in [0.15, 0.2) is 24.8 Å². The largest absolute Gasteiger partial charge is 0.491 e. The van der Waals surface area contributed by atoms with Gasteiger partial charge in [0.1, 0.15) is 0 Å². The zero-order valence-corrected chi connectivity index (χ0v) is 13.2. The van der Waals surface area contributed by atoms with Crippen LogP contribution in [0, 0.1) is 17.6 Å². The first-order chi connectivity index (χ1) is 10.2. The minimum Gasteiger partial charge on any atom is -0.491 e. The molecule has 1 aromatic carbocycles. The number of rotatable bonds is 6. The van der Waals surface area contributed by atoms with Gasteiger partial charge < -0.3 is 4.74 Å². The fourth-order valence-corrected chi connectivity index (χ4v) is 4.20. The lowest BCUT2D eigenvalue weighted by atomic mass is 9.95. The topological polar surface area (TPSA) is 9.23 Å². The van der Waals surface area contributed by atoms with E-state index in [2.05, 4.69) is 6.58 Å². The zero-order valence-electron chi connectivity index (χ0n) is 12.4. The van der Waals surface area contributed by atoms with Gasteiger partial charge >= 0.3 is 0 Å². The molecular weight excluding hydrogens is 290 g/mol. The monoisotopic (exact) mass is 312 g/mol. The maximum Gasteiger partial charge on any atom is 0.200 e. The van der Waals surface area contributed by atoms with Crippen LogP contribution in [-0.4, -0.2) is 12.4 Å². The first-order valence-electron chi connectivity index (χ1n) is 7.50. The average Bonchev–Trinajstić information content (AvgIpc) is 2.51. The normalized spacial score (nSPS) is 22.0. The number of hydrogen-bond acceptors (Lipinski definition) is 2. The quantitative estimate of drug-likeness (QED) is 0.640. The number of allylic oxidation sites excluding steroid dienone is 1. The zero-order chi connectivity index (χ0) is 15.2. The summed E-state index contributed by atoms with van der Waals surface area (Å²) in [5.74, 6) is 0.0715. The SMILES string of the molecule is C=CCCC1CCC(c2ccc(OCC)c(F)c2F)SC1. The van der Waals surface area contributed by atoms with Crippen LogP contribution in [0.25, 0.3) is 0 Å². The first-order valence-corrected chi connectivity index (χ1v) is 8.55. The van der Waals surface area contributed by atoms with E-state index in [1.807, 2.05) is 6.08 Å². The van der Waals surface area contributed by atoms with Gasteiger partial charge in [-0.1, -0.05) is 12.1 Å². The maximum atomic E-state index is 14.2. The average molecular weight is 312 g/mol. The van der Waals surface area contributed by atoms with E-state index in [1.54, 1.807) is 30.8 Å². The fourth-order valence-electron chi connectivity index (χ4n) is 2.69. The van der Waals surface area contributed by atoms with Gasteiger partial charge in [-0.3, -0.25) is 0 Å². The summed E-state index contributed by atoms with van der Waals surface area (Å²) < 4.78 is 33.2. The molecule has 21 heavy (non-hydrogen) atoms. The van der Waals surface area contributed by atoms with E-state index in [1.165, 1.54) is 0 Å². The summed E-state index contributed by atoms with van der Waals surface area (Å²) in [4.78, 5) is 0. The number of ether oxygens (including phenoxy) is 1. The molecular formula is C17H22F2OS. The minimum atomic E-state index is -0.858. The highest BCUT2D eigenvalue weighted by molar-refractivity contribution is 7.99. The summed E-state index contributed by atoms with van der Waals surface area (Å²) in [6.45, 7) is 5.83. The molecule has 4 heteroatoms. The molecule has 1 aliphatic rings. The van der Waals surface area contributed by atoms with Gasteiger partial charge in [0.25, 0.3) is 0 Å². The van der Waals surface area contributed by atoms with Crippen molar-refractivity contribution in [3.63, 3.8) is 0 Å². The van der Waals surface area contributed by atoms with Crippen LogP contribution in [-0.2, 0) is 0 Å². The molecule has 116 valence electrons. The van der Waals surface area contributed by atoms with Crippen molar-refractivity contribution >= 4 is 11.8 Å². The van der Waals surface area contributed by atoms with Crippen LogP contribution in [0.3, 0.4) is 0 Å². The Morgan fingerprint density at radius 1 is 1.33 bits per heavy atom. The second-order valence-electron chi connectivity index (χ2n) is 5.35. The van der Waals surface area contributed by atoms with Gasteiger partial charge in [-0.15, -0.1) is 6.58 Å². The van der Waals surface area contributed by atoms with E-state index in [0.717, 1.165) is 31.4 Å². The minimum absolute atomic E-state index is 0.00317. The van der Waals surface area contributed by atoms with Crippen LogP contribution < -0.4 is 4.74 Å². The van der Waals surface area contributed by atoms with Crippen LogP contribution >= 0.6 is 11.8 Å². The van der Waals surface area contributed by atoms with Gasteiger partial charge in [-0.25, -0.2) is 4.39 Å². The molecule has 2 unspecified atom stereocenters. The molecule has 2 rings (SSSR count). The van der Waals surface area contributed by atoms with E-state index >= 15 is 0 Å². The third-order valence-corrected chi connectivity index (χ3v) is 5.43. The lowest BCUT2D eigenvalue weighted by molar-refractivity contribution is 0.313. The van der Waals surface area contributed by atoms with Crippen molar-refractivity contribution in [2.75, 3.05) is 12.4 Å². The maximum absolute atomic E-state index is 14.2. The molecule has 1 nitrogen and oxygen atoms in total. The van der Waals surface area contributed by atoms with Gasteiger partial charge in [0, 0.05) is 10.8 Å². The first kappa shape index (κ1) is 16.3. The molecule has 0 amide bonds. The molecule has 0 aliphatic carbocycles. The third kappa shape index (κ3) is 4.00. The predicted octanol–water partition coefficient (Wildman–Crippen LogP) is 5.51. The Bertz CT molecular complexity index is 482. The molecule has 0 radical (unpaired) electrons. The molecule has 2 atom stereocenters. The molecule has 1 aliphatic heterocycles. The standard InChI is InChI=1S/C17H22F2OS/c1-3-5-6-12-7-10-15(21-11-12)13-8-9-14(20-4-2)17(19)16(13)18/h3,8-9,12,15H,1,4-7,10-11H2,2H3. The summed E-state index contributed by atoms with van der Waals surface area (Å²) in [7, 11) is 0. The Hall–Kier alpha value is -1.03. The lowest BCUT2D eigenvalue weighted by Gasteiger charge is -2.28. The molecule has 0 saturated carbocycles. The Kier molecular flexibility index (Phi) is 6.09. The Morgan fingerprint density at radius 3 is 2.76 bits per heavy atom. The smallest absolute Gasteiger partial charge is 0.200 e. The highest BCUT2D eigenvalue weighted by Crippen LogP contribution is 2.43. The highest BCUT2D eigenvalue weighted by Gasteiger charge is 2.26. The van der Waals surface area contributed by atoms with Crippen molar-refractivity contribution in [1.29, 1.82) is 0 Å². The van der Waals surface area contributed by atoms with E-state index in [9.17, 15) is 8.78 Å². The molecule has 1 heterocycles. The summed E-state index contributed by atoms with van der Waals surface area (Å²) in [5.41, 5.74) is 0.475. The van der Waals surface area contributed by atoms with Crippen LogP contribution in [0.2, 0.25) is 0 Å². The summed E-state index contributed by atoms with van der Waals surface area (Å²) in [6.07, 6.45) is 6.08. The highest BCUT2D eigenvalue weighted by atomic mass is 32.2. The van der Waals surface area contributed by atoms with Gasteiger partial charge in [-0.05, 0) is 50.3 Å². The van der Waals surface area contributed by atoms with E-state index in [-0.39, 0.29) is 11.0 Å². The second kappa shape index (κ2) is 7.83. The number of hydrogen-bond donors (Lipinski definition) is 0. The van der Waals surface area contributed by atoms with Crippen LogP contribution in [0.1, 0.15) is 43.4 Å². The molecule has 0 spiro atoms. The second-order valence-corrected chi connectivity index (χ2v) is 6.58. The number of thioether (sulfide) groups is 1. The summed E-state index contributed by atoms with van der Waals surface area (Å²) in [6, 6.07) is 3.22. The van der Waals surface area contributed by atoms with Gasteiger partial charge in [-0.2, -0.15) is 16.2 Å². The van der Waals surface area contributed by atoms with Gasteiger partial charge in [0.05, 0.1) is 6.61 Å². The van der Waals surface area contributed by atoms with Crippen LogP contribution in [0.4, 0.5) is 8.78 Å². The molecule has 0 bridgehead atoms. The Balaban J connectivity index is 2.03. The Morgan fingerprint density at radius 2 is 2.14 bits per heavy atom. The predicted molar refractivity (Wildman–Crippen MR) is 84.9 cm³/mol. The number of benzene rings is 1. The lowest BCUT2D eigenvalue weighted by Crippen LogP contribution is -2.14. The number of halogens is 2. The summed E-state index contributed by atoms with van der Waals surface area (Å²) in [5, 5.41) is 0.0511. The Labute approximate surface area is 129 Å². The van der Waals surface area contributed by atoms with Crippen molar-refractivity contribution in [3.8, 4) is 5.75 Å². The third-order valence-electron chi connectivity index (χ3n) is 3.87. The van der Waals surface area contributed by atoms with Gasteiger partial charge in [0.2, 0.25) is 5.82 Å². The van der Waals surface area contributed by atoms with E-state index < -0.39 is 11.6 Å². The molecule has 1 saturated heterocycles. The fraction of sp³-hybridized carbons (Fsp3) is 0.529. The molecule has 1 aromatic rings. The van der Waals surface area contributed by atoms with E-state index in [4.69, 9.17) is 4.74 Å². The van der Waals surface area contributed by atoms with Crippen molar-refractivity contribution in [1.82, 2.24) is 0 Å². The van der Waals surface area contributed by atoms with Crippen LogP contribution in [0.5, 0.6) is 5.75 Å². The molecule has 0 aromatic heterocycles. The van der Waals surface area contributed by atoms with Crippen molar-refractivity contribution in [3.05, 3.63) is 42.0 Å². The summed E-state index contributed by atoms with van der Waals surface area (Å²) >= 11 is 1.74. The molecule has 0 N–H and O–H groups in total. The van der Waals surface area contributed by atoms with Crippen molar-refractivity contribution < 1.29 is 13.5 Å². The van der Waals surface area contributed by atoms with Gasteiger partial charge in [0.15, 0.2) is 11.6 Å². The van der Waals surface area contributed by atoms with Crippen molar-refractivity contribution in [2.45, 2.75) is 37.9 Å². The van der Waals surface area contributed by atoms with Crippen molar-refractivity contribution in [2.24, 2.45) is 5.92 Å².